The summed E-state index contributed by atoms with van der Waals surface area (Å²) in [5, 5.41) is 11.8. The average Bonchev–Trinajstić information content (AvgIpc) is 3.01. The number of aryl methyl sites for hydroxylation is 1. The summed E-state index contributed by atoms with van der Waals surface area (Å²) in [5.74, 6) is -1.30. The minimum atomic E-state index is -0.698. The van der Waals surface area contributed by atoms with Crippen molar-refractivity contribution in [2.24, 2.45) is 0 Å². The van der Waals surface area contributed by atoms with Gasteiger partial charge in [0.05, 0.1) is 18.4 Å². The highest BCUT2D eigenvalue weighted by Gasteiger charge is 2.24. The Morgan fingerprint density at radius 2 is 1.96 bits per heavy atom. The summed E-state index contributed by atoms with van der Waals surface area (Å²) in [7, 11) is 3.22. The maximum absolute atomic E-state index is 13.9. The second-order valence-corrected chi connectivity index (χ2v) is 6.98. The van der Waals surface area contributed by atoms with Crippen molar-refractivity contribution in [3.05, 3.63) is 76.1 Å². The van der Waals surface area contributed by atoms with E-state index in [0.717, 1.165) is 28.0 Å². The molecule has 0 saturated carbocycles. The Hall–Kier alpha value is -2.99. The van der Waals surface area contributed by atoms with Crippen LogP contribution in [0.15, 0.2) is 48.0 Å². The number of nitrogens with zero attached hydrogens (tertiary/aromatic N) is 1. The van der Waals surface area contributed by atoms with Crippen molar-refractivity contribution in [3.8, 4) is 0 Å². The van der Waals surface area contributed by atoms with Gasteiger partial charge in [-0.15, -0.1) is 0 Å². The maximum Gasteiger partial charge on any atom is 0.340 e. The van der Waals surface area contributed by atoms with Crippen LogP contribution in [-0.2, 0) is 11.3 Å². The molecule has 1 fully saturated rings. The second-order valence-electron chi connectivity index (χ2n) is 6.98. The zero-order valence-corrected chi connectivity index (χ0v) is 16.3. The number of hydrogen-bond acceptors (Lipinski definition) is 5. The molecule has 0 amide bonds. The monoisotopic (exact) mass is 381 g/mol. The Labute approximate surface area is 164 Å². The van der Waals surface area contributed by atoms with Gasteiger partial charge in [-0.25, -0.2) is 9.18 Å². The first kappa shape index (κ1) is 19.8. The fraction of sp³-hybridized carbons (Fsp3) is 0.273. The van der Waals surface area contributed by atoms with Gasteiger partial charge in [-0.1, -0.05) is 30.3 Å². The van der Waals surface area contributed by atoms with E-state index in [1.807, 2.05) is 38.2 Å². The van der Waals surface area contributed by atoms with Crippen molar-refractivity contribution in [3.63, 3.8) is 0 Å². The summed E-state index contributed by atoms with van der Waals surface area (Å²) in [4.78, 5) is 13.8. The number of likely N-dealkylation sites (N-methyl/N-ethyl adjacent to an activating group) is 1. The molecule has 0 atom stereocenters. The van der Waals surface area contributed by atoms with Gasteiger partial charge in [-0.3, -0.25) is 4.90 Å². The summed E-state index contributed by atoms with van der Waals surface area (Å²) < 4.78 is 18.5. The molecule has 2 aromatic carbocycles. The van der Waals surface area contributed by atoms with Gasteiger partial charge >= 0.3 is 5.97 Å². The number of ether oxygens (including phenoxy) is 1. The summed E-state index contributed by atoms with van der Waals surface area (Å²) >= 11 is 0. The molecule has 1 heterocycles. The molecule has 0 aliphatic carbocycles. The van der Waals surface area contributed by atoms with Gasteiger partial charge in [0.25, 0.3) is 0 Å². The lowest BCUT2D eigenvalue weighted by atomic mass is 9.99. The number of esters is 1. The number of likely N-dealkylation sites (tertiary alicyclic amines) is 1. The molecule has 28 heavy (non-hydrogen) atoms. The van der Waals surface area contributed by atoms with Crippen molar-refractivity contribution < 1.29 is 13.9 Å². The number of halogens is 1. The molecule has 0 radical (unpaired) electrons. The second kappa shape index (κ2) is 8.35. The minimum Gasteiger partial charge on any atom is -0.465 e. The molecule has 1 aliphatic heterocycles. The van der Waals surface area contributed by atoms with E-state index in [4.69, 9.17) is 5.41 Å². The van der Waals surface area contributed by atoms with Crippen LogP contribution in [0.25, 0.3) is 5.70 Å². The molecule has 0 unspecified atom stereocenters. The van der Waals surface area contributed by atoms with Crippen LogP contribution in [0.3, 0.4) is 0 Å². The lowest BCUT2D eigenvalue weighted by Crippen LogP contribution is -2.18. The fourth-order valence-corrected chi connectivity index (χ4v) is 3.37. The Morgan fingerprint density at radius 1 is 1.21 bits per heavy atom. The SMILES string of the molecule is COC(=O)c1cc(CN/C(=C2/CN(C)CC2=N)c2ccccc2C)ccc1F. The number of hydrogen-bond donors (Lipinski definition) is 2. The fourth-order valence-electron chi connectivity index (χ4n) is 3.37. The summed E-state index contributed by atoms with van der Waals surface area (Å²) in [6, 6.07) is 12.4. The predicted octanol–water partition coefficient (Wildman–Crippen LogP) is 3.39. The molecule has 1 saturated heterocycles. The number of nitrogens with one attached hydrogen (secondary N) is 2. The molecule has 1 aliphatic rings. The zero-order valence-electron chi connectivity index (χ0n) is 16.3. The van der Waals surface area contributed by atoms with Crippen molar-refractivity contribution in [1.82, 2.24) is 10.2 Å². The van der Waals surface area contributed by atoms with Crippen LogP contribution in [0.4, 0.5) is 4.39 Å². The van der Waals surface area contributed by atoms with Crippen LogP contribution in [0.2, 0.25) is 0 Å². The quantitative estimate of drug-likeness (QED) is 0.780. The molecular weight excluding hydrogens is 357 g/mol. The molecule has 5 nitrogen and oxygen atoms in total. The molecule has 2 aromatic rings. The van der Waals surface area contributed by atoms with E-state index < -0.39 is 11.8 Å². The minimum absolute atomic E-state index is 0.0831. The standard InChI is InChI=1S/C22H24FN3O2/c1-14-6-4-5-7-16(14)21(18-12-26(2)13-20(18)24)25-11-15-8-9-19(23)17(10-15)22(27)28-3/h4-10,24-25H,11-13H2,1-3H3/b21-18-,24-20?. The first-order valence-corrected chi connectivity index (χ1v) is 9.06. The zero-order chi connectivity index (χ0) is 20.3. The maximum atomic E-state index is 13.9. The third kappa shape index (κ3) is 4.12. The Balaban J connectivity index is 1.94. The van der Waals surface area contributed by atoms with Crippen LogP contribution in [0, 0.1) is 18.2 Å². The molecule has 2 N–H and O–H groups in total. The van der Waals surface area contributed by atoms with Gasteiger partial charge in [0.1, 0.15) is 5.82 Å². The first-order chi connectivity index (χ1) is 13.4. The van der Waals surface area contributed by atoms with Crippen LogP contribution in [0.1, 0.15) is 27.0 Å². The molecule has 0 spiro atoms. The Bertz CT molecular complexity index is 953. The van der Waals surface area contributed by atoms with Crippen LogP contribution in [0.5, 0.6) is 0 Å². The highest BCUT2D eigenvalue weighted by molar-refractivity contribution is 6.07. The van der Waals surface area contributed by atoms with Crippen molar-refractivity contribution in [2.45, 2.75) is 13.5 Å². The lowest BCUT2D eigenvalue weighted by molar-refractivity contribution is 0.0595. The lowest BCUT2D eigenvalue weighted by Gasteiger charge is -2.17. The van der Waals surface area contributed by atoms with E-state index in [0.29, 0.717) is 25.3 Å². The van der Waals surface area contributed by atoms with Gasteiger partial charge in [-0.2, -0.15) is 0 Å². The average molecular weight is 381 g/mol. The van der Waals surface area contributed by atoms with Gasteiger partial charge in [-0.05, 0) is 37.2 Å². The third-order valence-electron chi connectivity index (χ3n) is 4.84. The van der Waals surface area contributed by atoms with Crippen LogP contribution < -0.4 is 5.32 Å². The predicted molar refractivity (Wildman–Crippen MR) is 108 cm³/mol. The van der Waals surface area contributed by atoms with E-state index in [-0.39, 0.29) is 5.56 Å². The number of carbonyl (C=O) groups excluding carboxylic acids is 1. The van der Waals surface area contributed by atoms with Crippen molar-refractivity contribution in [2.75, 3.05) is 27.2 Å². The topological polar surface area (TPSA) is 65.4 Å². The number of rotatable bonds is 5. The van der Waals surface area contributed by atoms with Gasteiger partial charge in [0.2, 0.25) is 0 Å². The summed E-state index contributed by atoms with van der Waals surface area (Å²) in [5.41, 5.74) is 5.25. The Morgan fingerprint density at radius 3 is 2.61 bits per heavy atom. The van der Waals surface area contributed by atoms with Gasteiger partial charge in [0, 0.05) is 36.5 Å². The molecule has 0 aromatic heterocycles. The van der Waals surface area contributed by atoms with Gasteiger partial charge < -0.3 is 15.5 Å². The normalized spacial score (nSPS) is 16.2. The van der Waals surface area contributed by atoms with E-state index in [1.165, 1.54) is 19.2 Å². The number of methoxy groups -OCH3 is 1. The third-order valence-corrected chi connectivity index (χ3v) is 4.84. The number of benzene rings is 2. The smallest absolute Gasteiger partial charge is 0.340 e. The highest BCUT2D eigenvalue weighted by atomic mass is 19.1. The Kier molecular flexibility index (Phi) is 5.90. The first-order valence-electron chi connectivity index (χ1n) is 9.06. The number of carbonyl (C=O) groups is 1. The largest absolute Gasteiger partial charge is 0.465 e. The summed E-state index contributed by atoms with van der Waals surface area (Å²) in [6.07, 6.45) is 0. The highest BCUT2D eigenvalue weighted by Crippen LogP contribution is 2.25. The molecule has 0 bridgehead atoms. The van der Waals surface area contributed by atoms with Crippen molar-refractivity contribution in [1.29, 1.82) is 5.41 Å². The van der Waals surface area contributed by atoms with Crippen LogP contribution >= 0.6 is 0 Å². The van der Waals surface area contributed by atoms with Crippen molar-refractivity contribution >= 4 is 17.4 Å². The van der Waals surface area contributed by atoms with Crippen LogP contribution in [-0.4, -0.2) is 43.8 Å². The van der Waals surface area contributed by atoms with E-state index in [9.17, 15) is 9.18 Å². The summed E-state index contributed by atoms with van der Waals surface area (Å²) in [6.45, 7) is 3.73. The van der Waals surface area contributed by atoms with Gasteiger partial charge in [0.15, 0.2) is 0 Å². The molecule has 6 heteroatoms. The van der Waals surface area contributed by atoms with E-state index in [2.05, 4.69) is 15.0 Å². The van der Waals surface area contributed by atoms with E-state index in [1.54, 1.807) is 6.07 Å². The molecule has 146 valence electrons. The molecule has 3 rings (SSSR count). The van der Waals surface area contributed by atoms with E-state index >= 15 is 0 Å². The molecular formula is C22H24FN3O2.